The van der Waals surface area contributed by atoms with Crippen LogP contribution in [-0.2, 0) is 25.0 Å². The molecule has 3 unspecified atom stereocenters. The smallest absolute Gasteiger partial charge is 0.209 e. The van der Waals surface area contributed by atoms with E-state index >= 15 is 0 Å². The van der Waals surface area contributed by atoms with E-state index < -0.39 is 0 Å². The van der Waals surface area contributed by atoms with Gasteiger partial charge in [-0.25, -0.2) is 0 Å². The Morgan fingerprint density at radius 2 is 2.35 bits per heavy atom. The summed E-state index contributed by atoms with van der Waals surface area (Å²) >= 11 is 1.01. The highest BCUT2D eigenvalue weighted by molar-refractivity contribution is 8.15. The number of ether oxygens (including phenoxy) is 4. The van der Waals surface area contributed by atoms with Gasteiger partial charge in [0.25, 0.3) is 0 Å². The van der Waals surface area contributed by atoms with Crippen molar-refractivity contribution in [3.05, 3.63) is 29.3 Å². The second-order valence-corrected chi connectivity index (χ2v) is 6.24. The summed E-state index contributed by atoms with van der Waals surface area (Å²) in [6, 6.07) is 6.02. The molecule has 2 aliphatic rings. The average molecular weight is 339 g/mol. The van der Waals surface area contributed by atoms with Gasteiger partial charge >= 0.3 is 0 Å². The summed E-state index contributed by atoms with van der Waals surface area (Å²) in [5.74, 6) is 0.837. The van der Waals surface area contributed by atoms with Crippen molar-refractivity contribution in [2.24, 2.45) is 0 Å². The molecular formula is C16H22BO5S. The highest BCUT2D eigenvalue weighted by Crippen LogP contribution is 2.30. The molecular weight excluding hydrogens is 315 g/mol. The van der Waals surface area contributed by atoms with Crippen molar-refractivity contribution in [3.8, 4) is 5.75 Å². The lowest BCUT2D eigenvalue weighted by atomic mass is 10.0. The Kier molecular flexibility index (Phi) is 5.42. The van der Waals surface area contributed by atoms with Crippen LogP contribution in [0.4, 0.5) is 0 Å². The predicted molar refractivity (Wildman–Crippen MR) is 89.8 cm³/mol. The fourth-order valence-corrected chi connectivity index (χ4v) is 3.10. The number of hydrogen-bond acceptors (Lipinski definition) is 6. The SMILES string of the molecule is [3H][B]SOCc1ccc(C)c(OC2CCOC3CO[C@@H](C)OC32)c1. The summed E-state index contributed by atoms with van der Waals surface area (Å²) in [6.45, 7) is 5.53. The molecule has 0 aromatic heterocycles. The molecule has 0 aliphatic carbocycles. The van der Waals surface area contributed by atoms with Crippen LogP contribution in [0, 0.1) is 6.92 Å². The van der Waals surface area contributed by atoms with Gasteiger partial charge in [0, 0.05) is 6.42 Å². The van der Waals surface area contributed by atoms with Gasteiger partial charge in [0.15, 0.2) is 6.29 Å². The molecule has 7 heteroatoms. The third-order valence-electron chi connectivity index (χ3n) is 4.14. The van der Waals surface area contributed by atoms with Crippen molar-refractivity contribution >= 4 is 19.0 Å². The standard InChI is InChI=1S/C16H22BO5S/c1-10-3-4-12(8-20-23-17)7-14(10)22-13-5-6-18-15-9-19-11(2)21-16(13)15/h3-4,7,11,13,15-17H,5-6,8-9H2,1-2H3/t11-,13?,15?,16?/m1/s1/i17T. The summed E-state index contributed by atoms with van der Waals surface area (Å²) in [5, 5.41) is 0. The highest BCUT2D eigenvalue weighted by Gasteiger charge is 2.41. The minimum absolute atomic E-state index is 0.0547. The molecule has 2 fully saturated rings. The van der Waals surface area contributed by atoms with Crippen LogP contribution >= 0.6 is 11.9 Å². The minimum atomic E-state index is -0.238. The fourth-order valence-electron chi connectivity index (χ4n) is 2.90. The third kappa shape index (κ3) is 4.22. The first-order valence-corrected chi connectivity index (χ1v) is 8.61. The average Bonchev–Trinajstić information content (AvgIpc) is 2.58. The quantitative estimate of drug-likeness (QED) is 0.450. The van der Waals surface area contributed by atoms with Crippen molar-refractivity contribution in [1.29, 1.82) is 1.34 Å². The maximum absolute atomic E-state index is 6.97. The molecule has 23 heavy (non-hydrogen) atoms. The molecule has 1 aromatic rings. The van der Waals surface area contributed by atoms with Crippen molar-refractivity contribution < 1.29 is 23.1 Å². The molecule has 5 nitrogen and oxygen atoms in total. The summed E-state index contributed by atoms with van der Waals surface area (Å²) < 4.78 is 35.7. The van der Waals surface area contributed by atoms with E-state index in [-0.39, 0.29) is 24.6 Å². The molecule has 4 atom stereocenters. The van der Waals surface area contributed by atoms with Gasteiger partial charge in [0.05, 0.1) is 19.8 Å². The molecule has 0 N–H and O–H groups in total. The number of fused-ring (bicyclic) bond motifs is 1. The van der Waals surface area contributed by atoms with Gasteiger partial charge in [-0.2, -0.15) is 0 Å². The van der Waals surface area contributed by atoms with Crippen LogP contribution < -0.4 is 4.74 Å². The zero-order valence-corrected chi connectivity index (χ0v) is 14.2. The Morgan fingerprint density at radius 1 is 1.43 bits per heavy atom. The fraction of sp³-hybridized carbons (Fsp3) is 0.625. The Hall–Kier alpha value is -0.725. The monoisotopic (exact) mass is 339 g/mol. The molecule has 2 heterocycles. The number of rotatable bonds is 6. The maximum atomic E-state index is 6.97. The molecule has 2 aliphatic heterocycles. The van der Waals surface area contributed by atoms with Gasteiger partial charge in [-0.3, -0.25) is 0 Å². The van der Waals surface area contributed by atoms with Crippen molar-refractivity contribution in [2.75, 3.05) is 13.2 Å². The lowest BCUT2D eigenvalue weighted by Crippen LogP contribution is -2.55. The van der Waals surface area contributed by atoms with E-state index in [1.807, 2.05) is 32.0 Å². The highest BCUT2D eigenvalue weighted by atomic mass is 32.2. The zero-order valence-electron chi connectivity index (χ0n) is 14.4. The van der Waals surface area contributed by atoms with Crippen LogP contribution in [0.5, 0.6) is 5.75 Å². The van der Waals surface area contributed by atoms with Crippen LogP contribution in [0.3, 0.4) is 0 Å². The Labute approximate surface area is 143 Å². The lowest BCUT2D eigenvalue weighted by molar-refractivity contribution is -0.285. The van der Waals surface area contributed by atoms with Gasteiger partial charge in [-0.1, -0.05) is 24.0 Å². The molecule has 0 amide bonds. The number of benzene rings is 1. The number of aryl methyl sites for hydroxylation is 1. The lowest BCUT2D eigenvalue weighted by Gasteiger charge is -2.42. The topological polar surface area (TPSA) is 46.2 Å². The van der Waals surface area contributed by atoms with Crippen LogP contribution in [0.25, 0.3) is 0 Å². The van der Waals surface area contributed by atoms with E-state index in [1.165, 1.54) is 0 Å². The van der Waals surface area contributed by atoms with E-state index in [0.29, 0.717) is 19.8 Å². The third-order valence-corrected chi connectivity index (χ3v) is 4.39. The molecule has 0 bridgehead atoms. The molecule has 1 aromatic carbocycles. The Balaban J connectivity index is 1.68. The Bertz CT molecular complexity index is 549. The first kappa shape index (κ1) is 15.8. The van der Waals surface area contributed by atoms with Crippen LogP contribution in [0.2, 0.25) is 0 Å². The van der Waals surface area contributed by atoms with Gasteiger partial charge in [-0.15, -0.1) is 0 Å². The number of hydrogen-bond donors (Lipinski definition) is 0. The van der Waals surface area contributed by atoms with E-state index in [0.717, 1.165) is 42.3 Å². The summed E-state index contributed by atoms with van der Waals surface area (Å²) in [5.41, 5.74) is 2.08. The molecule has 1 radical (unpaired) electrons. The second kappa shape index (κ2) is 7.90. The summed E-state index contributed by atoms with van der Waals surface area (Å²) in [6.07, 6.45) is 0.308. The van der Waals surface area contributed by atoms with Crippen LogP contribution in [0.15, 0.2) is 18.2 Å². The maximum Gasteiger partial charge on any atom is 0.209 e. The summed E-state index contributed by atoms with van der Waals surface area (Å²) in [4.78, 5) is 0. The zero-order chi connectivity index (χ0) is 16.9. The molecule has 2 saturated heterocycles. The van der Waals surface area contributed by atoms with Crippen LogP contribution in [-0.4, -0.2) is 46.2 Å². The predicted octanol–water partition coefficient (Wildman–Crippen LogP) is 2.27. The van der Waals surface area contributed by atoms with Gasteiger partial charge in [0.2, 0.25) is 7.09 Å². The van der Waals surface area contributed by atoms with E-state index in [4.69, 9.17) is 24.5 Å². The molecule has 0 spiro atoms. The van der Waals surface area contributed by atoms with E-state index in [2.05, 4.69) is 0 Å². The first-order valence-electron chi connectivity index (χ1n) is 8.38. The molecule has 3 rings (SSSR count). The first-order chi connectivity index (χ1) is 11.7. The van der Waals surface area contributed by atoms with E-state index in [9.17, 15) is 0 Å². The second-order valence-electron chi connectivity index (χ2n) is 5.81. The van der Waals surface area contributed by atoms with E-state index in [1.54, 1.807) is 0 Å². The van der Waals surface area contributed by atoms with Gasteiger partial charge in [-0.05, 0) is 32.4 Å². The minimum Gasteiger partial charge on any atom is -0.487 e. The largest absolute Gasteiger partial charge is 0.487 e. The normalized spacial score (nSPS) is 31.1. The van der Waals surface area contributed by atoms with Gasteiger partial charge < -0.3 is 23.1 Å². The molecule has 125 valence electrons. The van der Waals surface area contributed by atoms with Crippen molar-refractivity contribution in [1.82, 2.24) is 0 Å². The molecule has 0 saturated carbocycles. The Morgan fingerprint density at radius 3 is 3.22 bits per heavy atom. The van der Waals surface area contributed by atoms with Gasteiger partial charge in [0.1, 0.15) is 24.1 Å². The van der Waals surface area contributed by atoms with Crippen molar-refractivity contribution in [3.63, 3.8) is 0 Å². The van der Waals surface area contributed by atoms with Crippen molar-refractivity contribution in [2.45, 2.75) is 51.5 Å². The van der Waals surface area contributed by atoms with Crippen LogP contribution in [0.1, 0.15) is 24.5 Å². The summed E-state index contributed by atoms with van der Waals surface area (Å²) in [7, 11) is 1.16.